The zero-order valence-electron chi connectivity index (χ0n) is 15.5. The van der Waals surface area contributed by atoms with Crippen molar-refractivity contribution in [3.05, 3.63) is 29.8 Å². The lowest BCUT2D eigenvalue weighted by atomic mass is 10.0. The molecule has 0 aliphatic heterocycles. The zero-order valence-corrected chi connectivity index (χ0v) is 15.5. The van der Waals surface area contributed by atoms with Crippen LogP contribution < -0.4 is 10.1 Å². The number of rotatable bonds is 9. The van der Waals surface area contributed by atoms with Gasteiger partial charge in [0, 0.05) is 40.4 Å². The summed E-state index contributed by atoms with van der Waals surface area (Å²) in [5, 5.41) is 3.54. The van der Waals surface area contributed by atoms with E-state index in [4.69, 9.17) is 9.47 Å². The molecule has 1 N–H and O–H groups in total. The van der Waals surface area contributed by atoms with Crippen LogP contribution in [-0.4, -0.2) is 51.8 Å². The third-order valence-electron chi connectivity index (χ3n) is 4.71. The van der Waals surface area contributed by atoms with Crippen LogP contribution in [0, 0.1) is 5.41 Å². The van der Waals surface area contributed by atoms with Crippen LogP contribution in [0.25, 0.3) is 0 Å². The van der Waals surface area contributed by atoms with E-state index in [1.54, 1.807) is 7.11 Å². The van der Waals surface area contributed by atoms with Gasteiger partial charge >= 0.3 is 0 Å². The van der Waals surface area contributed by atoms with E-state index in [2.05, 4.69) is 34.4 Å². The van der Waals surface area contributed by atoms with E-state index in [-0.39, 0.29) is 0 Å². The van der Waals surface area contributed by atoms with Crippen LogP contribution in [-0.2, 0) is 11.3 Å². The minimum atomic E-state index is 0.409. The molecule has 2 rings (SSSR count). The Bertz CT molecular complexity index is 524. The number of nitrogens with one attached hydrogen (secondary N) is 1. The molecule has 0 bridgehead atoms. The molecule has 1 saturated carbocycles. The minimum Gasteiger partial charge on any atom is -0.497 e. The van der Waals surface area contributed by atoms with Crippen LogP contribution in [0.15, 0.2) is 29.3 Å². The summed E-state index contributed by atoms with van der Waals surface area (Å²) in [6.45, 7) is 5.50. The molecule has 0 heterocycles. The fraction of sp³-hybridized carbons (Fsp3) is 0.632. The van der Waals surface area contributed by atoms with Gasteiger partial charge in [0.2, 0.25) is 0 Å². The van der Waals surface area contributed by atoms with Crippen LogP contribution >= 0.6 is 0 Å². The predicted molar refractivity (Wildman–Crippen MR) is 98.6 cm³/mol. The summed E-state index contributed by atoms with van der Waals surface area (Å²) in [7, 11) is 5.60. The Balaban J connectivity index is 1.82. The number of benzene rings is 1. The number of guanidine groups is 1. The van der Waals surface area contributed by atoms with Gasteiger partial charge in [-0.15, -0.1) is 0 Å². The van der Waals surface area contributed by atoms with Gasteiger partial charge < -0.3 is 19.7 Å². The van der Waals surface area contributed by atoms with E-state index < -0.39 is 0 Å². The van der Waals surface area contributed by atoms with Crippen molar-refractivity contribution in [2.75, 3.05) is 41.0 Å². The Morgan fingerprint density at radius 1 is 1.29 bits per heavy atom. The van der Waals surface area contributed by atoms with Gasteiger partial charge in [0.1, 0.15) is 5.75 Å². The number of nitrogens with zero attached hydrogens (tertiary/aromatic N) is 2. The summed E-state index contributed by atoms with van der Waals surface area (Å²) in [5.74, 6) is 1.82. The Labute approximate surface area is 146 Å². The van der Waals surface area contributed by atoms with Gasteiger partial charge in [0.15, 0.2) is 5.96 Å². The van der Waals surface area contributed by atoms with Crippen molar-refractivity contribution in [3.63, 3.8) is 0 Å². The van der Waals surface area contributed by atoms with Crippen LogP contribution in [0.5, 0.6) is 5.75 Å². The van der Waals surface area contributed by atoms with E-state index in [1.807, 2.05) is 26.1 Å². The first-order valence-corrected chi connectivity index (χ1v) is 8.75. The van der Waals surface area contributed by atoms with Gasteiger partial charge in [-0.3, -0.25) is 4.99 Å². The topological polar surface area (TPSA) is 46.1 Å². The second-order valence-electron chi connectivity index (χ2n) is 6.55. The molecule has 1 fully saturated rings. The van der Waals surface area contributed by atoms with E-state index >= 15 is 0 Å². The average molecular weight is 333 g/mol. The average Bonchev–Trinajstić information content (AvgIpc) is 3.36. The molecular formula is C19H31N3O2. The lowest BCUT2D eigenvalue weighted by Gasteiger charge is -2.25. The molecule has 1 aromatic rings. The van der Waals surface area contributed by atoms with Gasteiger partial charge in [0.25, 0.3) is 0 Å². The Morgan fingerprint density at radius 3 is 2.54 bits per heavy atom. The second kappa shape index (κ2) is 8.92. The quantitative estimate of drug-likeness (QED) is 0.429. The highest BCUT2D eigenvalue weighted by Gasteiger charge is 2.42. The number of hydrogen-bond donors (Lipinski definition) is 1. The maximum absolute atomic E-state index is 5.51. The first-order chi connectivity index (χ1) is 11.6. The fourth-order valence-electron chi connectivity index (χ4n) is 2.86. The molecule has 24 heavy (non-hydrogen) atoms. The maximum Gasteiger partial charge on any atom is 0.193 e. The summed E-state index contributed by atoms with van der Waals surface area (Å²) in [6.07, 6.45) is 3.70. The van der Waals surface area contributed by atoms with Crippen LogP contribution in [0.4, 0.5) is 0 Å². The van der Waals surface area contributed by atoms with Crippen molar-refractivity contribution in [3.8, 4) is 5.75 Å². The SMILES string of the molecule is CCOCCC1(CNC(=NC)N(C)Cc2ccc(OC)cc2)CC1. The Morgan fingerprint density at radius 2 is 2.00 bits per heavy atom. The molecule has 5 nitrogen and oxygen atoms in total. The molecule has 0 amide bonds. The number of aliphatic imine (C=N–C) groups is 1. The minimum absolute atomic E-state index is 0.409. The van der Waals surface area contributed by atoms with Crippen molar-refractivity contribution >= 4 is 5.96 Å². The largest absolute Gasteiger partial charge is 0.497 e. The third-order valence-corrected chi connectivity index (χ3v) is 4.71. The zero-order chi connectivity index (χ0) is 17.4. The highest BCUT2D eigenvalue weighted by atomic mass is 16.5. The van der Waals surface area contributed by atoms with Crippen molar-refractivity contribution in [1.82, 2.24) is 10.2 Å². The van der Waals surface area contributed by atoms with Crippen molar-refractivity contribution in [1.29, 1.82) is 0 Å². The lowest BCUT2D eigenvalue weighted by Crippen LogP contribution is -2.41. The highest BCUT2D eigenvalue weighted by molar-refractivity contribution is 5.79. The Hall–Kier alpha value is -1.75. The first kappa shape index (κ1) is 18.6. The second-order valence-corrected chi connectivity index (χ2v) is 6.55. The lowest BCUT2D eigenvalue weighted by molar-refractivity contribution is 0.128. The fourth-order valence-corrected chi connectivity index (χ4v) is 2.86. The summed E-state index contributed by atoms with van der Waals surface area (Å²) in [5.41, 5.74) is 1.64. The molecule has 0 unspecified atom stereocenters. The molecule has 134 valence electrons. The summed E-state index contributed by atoms with van der Waals surface area (Å²) < 4.78 is 10.7. The molecule has 0 saturated heterocycles. The molecule has 1 aliphatic carbocycles. The summed E-state index contributed by atoms with van der Waals surface area (Å²) >= 11 is 0. The molecule has 0 spiro atoms. The van der Waals surface area contributed by atoms with Crippen LogP contribution in [0.2, 0.25) is 0 Å². The van der Waals surface area contributed by atoms with Crippen LogP contribution in [0.1, 0.15) is 31.7 Å². The molecule has 0 atom stereocenters. The van der Waals surface area contributed by atoms with Crippen molar-refractivity contribution < 1.29 is 9.47 Å². The third kappa shape index (κ3) is 5.41. The van der Waals surface area contributed by atoms with Gasteiger partial charge in [-0.2, -0.15) is 0 Å². The normalized spacial score (nSPS) is 15.9. The van der Waals surface area contributed by atoms with E-state index in [0.717, 1.165) is 44.4 Å². The monoisotopic (exact) mass is 333 g/mol. The number of hydrogen-bond acceptors (Lipinski definition) is 3. The Kier molecular flexibility index (Phi) is 6.91. The number of ether oxygens (including phenoxy) is 2. The van der Waals surface area contributed by atoms with Gasteiger partial charge in [-0.1, -0.05) is 12.1 Å². The van der Waals surface area contributed by atoms with E-state index in [0.29, 0.717) is 5.41 Å². The van der Waals surface area contributed by atoms with Gasteiger partial charge in [-0.25, -0.2) is 0 Å². The molecule has 0 aromatic heterocycles. The van der Waals surface area contributed by atoms with Gasteiger partial charge in [0.05, 0.1) is 7.11 Å². The van der Waals surface area contributed by atoms with Crippen LogP contribution in [0.3, 0.4) is 0 Å². The van der Waals surface area contributed by atoms with Crippen molar-refractivity contribution in [2.24, 2.45) is 10.4 Å². The van der Waals surface area contributed by atoms with Crippen molar-refractivity contribution in [2.45, 2.75) is 32.7 Å². The molecule has 5 heteroatoms. The molecule has 1 aromatic carbocycles. The maximum atomic E-state index is 5.51. The standard InChI is InChI=1S/C19H31N3O2/c1-5-24-13-12-19(10-11-19)15-21-18(20-2)22(3)14-16-6-8-17(23-4)9-7-16/h6-9H,5,10-15H2,1-4H3,(H,20,21). The predicted octanol–water partition coefficient (Wildman–Crippen LogP) is 2.91. The summed E-state index contributed by atoms with van der Waals surface area (Å²) in [6, 6.07) is 8.17. The summed E-state index contributed by atoms with van der Waals surface area (Å²) in [4.78, 5) is 6.57. The smallest absolute Gasteiger partial charge is 0.193 e. The molecule has 0 radical (unpaired) electrons. The highest BCUT2D eigenvalue weighted by Crippen LogP contribution is 2.48. The van der Waals surface area contributed by atoms with E-state index in [1.165, 1.54) is 18.4 Å². The molecular weight excluding hydrogens is 302 g/mol. The molecule has 1 aliphatic rings. The van der Waals surface area contributed by atoms with E-state index in [9.17, 15) is 0 Å². The number of methoxy groups -OCH3 is 1. The first-order valence-electron chi connectivity index (χ1n) is 8.75. The van der Waals surface area contributed by atoms with Gasteiger partial charge in [-0.05, 0) is 49.3 Å².